The lowest BCUT2D eigenvalue weighted by atomic mass is 9.93. The normalized spacial score (nSPS) is 15.8. The maximum absolute atomic E-state index is 13.8. The molecule has 1 fully saturated rings. The fourth-order valence-electron chi connectivity index (χ4n) is 2.03. The highest BCUT2D eigenvalue weighted by molar-refractivity contribution is 5.91. The number of esters is 1. The van der Waals surface area contributed by atoms with E-state index in [-0.39, 0.29) is 12.8 Å². The van der Waals surface area contributed by atoms with Crippen LogP contribution >= 0.6 is 0 Å². The van der Waals surface area contributed by atoms with Crippen LogP contribution in [0.4, 0.5) is 17.6 Å². The Labute approximate surface area is 110 Å². The van der Waals surface area contributed by atoms with Gasteiger partial charge in [-0.2, -0.15) is 0 Å². The first-order valence-electron chi connectivity index (χ1n) is 5.46. The Morgan fingerprint density at radius 3 is 1.80 bits per heavy atom. The van der Waals surface area contributed by atoms with Crippen LogP contribution in [0, 0.1) is 23.3 Å². The highest BCUT2D eigenvalue weighted by atomic mass is 19.2. The van der Waals surface area contributed by atoms with Gasteiger partial charge in [0.25, 0.3) is 0 Å². The lowest BCUT2D eigenvalue weighted by molar-refractivity contribution is -0.140. The average molecular weight is 292 g/mol. The second kappa shape index (κ2) is 4.46. The quantitative estimate of drug-likeness (QED) is 0.526. The van der Waals surface area contributed by atoms with Gasteiger partial charge in [-0.15, -0.1) is 0 Å². The second-order valence-electron chi connectivity index (χ2n) is 4.38. The van der Waals surface area contributed by atoms with Gasteiger partial charge in [-0.3, -0.25) is 4.79 Å². The Kier molecular flexibility index (Phi) is 3.19. The van der Waals surface area contributed by atoms with Crippen LogP contribution in [-0.2, 0) is 14.9 Å². The fraction of sp³-hybridized carbons (Fsp3) is 0.333. The molecule has 0 aliphatic heterocycles. The Morgan fingerprint density at radius 1 is 1.05 bits per heavy atom. The van der Waals surface area contributed by atoms with E-state index in [1.165, 1.54) is 0 Å². The fourth-order valence-corrected chi connectivity index (χ4v) is 2.03. The third kappa shape index (κ3) is 1.75. The number of carboxylic acid groups (broad SMARTS) is 1. The van der Waals surface area contributed by atoms with E-state index in [4.69, 9.17) is 5.11 Å². The number of carbonyl (C=O) groups excluding carboxylic acids is 1. The summed E-state index contributed by atoms with van der Waals surface area (Å²) in [5.41, 5.74) is -4.70. The zero-order valence-corrected chi connectivity index (χ0v) is 10.1. The van der Waals surface area contributed by atoms with Crippen molar-refractivity contribution in [3.8, 4) is 0 Å². The van der Waals surface area contributed by atoms with Crippen molar-refractivity contribution in [1.29, 1.82) is 0 Å². The molecule has 0 aromatic heterocycles. The highest BCUT2D eigenvalue weighted by Crippen LogP contribution is 2.51. The second-order valence-corrected chi connectivity index (χ2v) is 4.38. The molecule has 8 heteroatoms. The summed E-state index contributed by atoms with van der Waals surface area (Å²) in [7, 11) is 0.782. The summed E-state index contributed by atoms with van der Waals surface area (Å²) in [6, 6.07) is 0. The van der Waals surface area contributed by atoms with Crippen molar-refractivity contribution in [1.82, 2.24) is 0 Å². The number of carbonyl (C=O) groups is 2. The summed E-state index contributed by atoms with van der Waals surface area (Å²) in [6.07, 6.45) is -0.292. The molecule has 1 N–H and O–H groups in total. The average Bonchev–Trinajstić information content (AvgIpc) is 3.18. The third-order valence-corrected chi connectivity index (χ3v) is 3.29. The van der Waals surface area contributed by atoms with Crippen LogP contribution in [0.1, 0.15) is 28.8 Å². The molecule has 0 spiro atoms. The van der Waals surface area contributed by atoms with Gasteiger partial charge in [0.05, 0.1) is 12.5 Å². The molecule has 1 saturated carbocycles. The van der Waals surface area contributed by atoms with Crippen molar-refractivity contribution >= 4 is 11.9 Å². The molecule has 4 nitrogen and oxygen atoms in total. The van der Waals surface area contributed by atoms with Gasteiger partial charge in [0.2, 0.25) is 0 Å². The molecule has 1 aliphatic rings. The van der Waals surface area contributed by atoms with Gasteiger partial charge in [0.1, 0.15) is 5.56 Å². The van der Waals surface area contributed by atoms with Crippen molar-refractivity contribution in [2.45, 2.75) is 18.3 Å². The maximum atomic E-state index is 13.8. The molecule has 0 unspecified atom stereocenters. The van der Waals surface area contributed by atoms with Crippen molar-refractivity contribution in [2.24, 2.45) is 0 Å². The molecule has 1 aromatic carbocycles. The Hall–Kier alpha value is -2.12. The first-order valence-corrected chi connectivity index (χ1v) is 5.46. The monoisotopic (exact) mass is 292 g/mol. The van der Waals surface area contributed by atoms with Crippen LogP contribution in [0.15, 0.2) is 0 Å². The molecular formula is C12H8F4O4. The van der Waals surface area contributed by atoms with E-state index in [0.717, 1.165) is 7.11 Å². The van der Waals surface area contributed by atoms with Crippen molar-refractivity contribution < 1.29 is 37.0 Å². The summed E-state index contributed by atoms with van der Waals surface area (Å²) < 4.78 is 59.1. The van der Waals surface area contributed by atoms with Gasteiger partial charge >= 0.3 is 11.9 Å². The first kappa shape index (κ1) is 14.3. The number of rotatable bonds is 3. The Bertz CT molecular complexity index is 593. The largest absolute Gasteiger partial charge is 0.481 e. The third-order valence-electron chi connectivity index (χ3n) is 3.29. The number of hydrogen-bond acceptors (Lipinski definition) is 3. The van der Waals surface area contributed by atoms with E-state index < -0.39 is 51.7 Å². The molecule has 20 heavy (non-hydrogen) atoms. The van der Waals surface area contributed by atoms with Gasteiger partial charge in [-0.05, 0) is 12.8 Å². The zero-order valence-electron chi connectivity index (χ0n) is 10.1. The van der Waals surface area contributed by atoms with E-state index in [1.54, 1.807) is 0 Å². The van der Waals surface area contributed by atoms with E-state index in [1.807, 2.05) is 0 Å². The maximum Gasteiger partial charge on any atom is 0.344 e. The Morgan fingerprint density at radius 2 is 1.50 bits per heavy atom. The number of carboxylic acids is 1. The van der Waals surface area contributed by atoms with Crippen LogP contribution in [0.25, 0.3) is 0 Å². The topological polar surface area (TPSA) is 63.6 Å². The molecule has 0 heterocycles. The van der Waals surface area contributed by atoms with E-state index in [0.29, 0.717) is 0 Å². The van der Waals surface area contributed by atoms with Gasteiger partial charge < -0.3 is 9.84 Å². The molecule has 0 radical (unpaired) electrons. The minimum absolute atomic E-state index is 0.146. The minimum Gasteiger partial charge on any atom is -0.481 e. The summed E-state index contributed by atoms with van der Waals surface area (Å²) >= 11 is 0. The summed E-state index contributed by atoms with van der Waals surface area (Å²) in [6.45, 7) is 0. The number of methoxy groups -OCH3 is 1. The molecular weight excluding hydrogens is 284 g/mol. The van der Waals surface area contributed by atoms with E-state index in [2.05, 4.69) is 4.74 Å². The lowest BCUT2D eigenvalue weighted by Gasteiger charge is -2.15. The SMILES string of the molecule is COC(=O)c1c(F)c(F)c(C2(C(=O)O)CC2)c(F)c1F. The molecule has 0 bridgehead atoms. The molecule has 1 aromatic rings. The minimum atomic E-state index is -1.98. The number of benzene rings is 1. The first-order chi connectivity index (χ1) is 9.27. The molecule has 0 atom stereocenters. The van der Waals surface area contributed by atoms with Crippen LogP contribution < -0.4 is 0 Å². The molecule has 2 rings (SSSR count). The number of aliphatic carboxylic acids is 1. The van der Waals surface area contributed by atoms with Gasteiger partial charge in [-0.1, -0.05) is 0 Å². The van der Waals surface area contributed by atoms with Crippen LogP contribution in [-0.4, -0.2) is 24.2 Å². The summed E-state index contributed by atoms with van der Waals surface area (Å²) in [4.78, 5) is 22.1. The van der Waals surface area contributed by atoms with Crippen molar-refractivity contribution in [3.05, 3.63) is 34.4 Å². The van der Waals surface area contributed by atoms with Gasteiger partial charge in [0, 0.05) is 5.56 Å². The van der Waals surface area contributed by atoms with Gasteiger partial charge in [0.15, 0.2) is 23.3 Å². The number of hydrogen-bond donors (Lipinski definition) is 1. The number of halogens is 4. The van der Waals surface area contributed by atoms with E-state index in [9.17, 15) is 27.2 Å². The smallest absolute Gasteiger partial charge is 0.344 e. The van der Waals surface area contributed by atoms with Crippen LogP contribution in [0.3, 0.4) is 0 Å². The molecule has 1 aliphatic carbocycles. The van der Waals surface area contributed by atoms with Crippen molar-refractivity contribution in [2.75, 3.05) is 7.11 Å². The highest BCUT2D eigenvalue weighted by Gasteiger charge is 2.56. The number of ether oxygens (including phenoxy) is 1. The zero-order chi connectivity index (χ0) is 15.2. The molecule has 0 amide bonds. The molecule has 108 valence electrons. The van der Waals surface area contributed by atoms with E-state index >= 15 is 0 Å². The lowest BCUT2D eigenvalue weighted by Crippen LogP contribution is -2.26. The standard InChI is InChI=1S/C12H8F4O4/c1-20-10(17)4-6(13)8(15)5(9(16)7(4)14)12(2-3-12)11(18)19/h2-3H2,1H3,(H,18,19). The summed E-state index contributed by atoms with van der Waals surface area (Å²) in [5.74, 6) is -10.9. The van der Waals surface area contributed by atoms with Crippen LogP contribution in [0.5, 0.6) is 0 Å². The van der Waals surface area contributed by atoms with Gasteiger partial charge in [-0.25, -0.2) is 22.4 Å². The Balaban J connectivity index is 2.75. The van der Waals surface area contributed by atoms with Crippen LogP contribution in [0.2, 0.25) is 0 Å². The summed E-state index contributed by atoms with van der Waals surface area (Å²) in [5, 5.41) is 8.94. The van der Waals surface area contributed by atoms with Crippen molar-refractivity contribution in [3.63, 3.8) is 0 Å². The predicted molar refractivity (Wildman–Crippen MR) is 56.2 cm³/mol. The molecule has 0 saturated heterocycles. The predicted octanol–water partition coefficient (Wildman–Crippen LogP) is 2.15.